The number of thiophene rings is 1. The Bertz CT molecular complexity index is 847. The number of pyridine rings is 1. The van der Waals surface area contributed by atoms with Crippen molar-refractivity contribution >= 4 is 33.1 Å². The molecule has 0 N–H and O–H groups in total. The lowest BCUT2D eigenvalue weighted by molar-refractivity contribution is 0.0737. The minimum absolute atomic E-state index is 0.0562. The first-order chi connectivity index (χ1) is 11.2. The van der Waals surface area contributed by atoms with Crippen molar-refractivity contribution in [1.82, 2.24) is 19.4 Å². The number of rotatable bonds is 2. The molecule has 23 heavy (non-hydrogen) atoms. The molecule has 0 aliphatic carbocycles. The number of amides is 1. The summed E-state index contributed by atoms with van der Waals surface area (Å²) in [5, 5.41) is 2.07. The first-order valence-electron chi connectivity index (χ1n) is 7.57. The SMILES string of the molecule is Cn1cncc1C(=O)N1CCN(c2ccnc3ccsc23)CC1. The number of aromatic nitrogens is 3. The molecular weight excluding hydrogens is 310 g/mol. The molecule has 0 aromatic carbocycles. The molecule has 4 heterocycles. The standard InChI is InChI=1S/C16H17N5OS/c1-19-11-17-10-14(19)16(22)21-7-5-20(6-8-21)13-2-4-18-12-3-9-23-15(12)13/h2-4,9-11H,5-8H2,1H3. The molecule has 7 heteroatoms. The number of hydrogen-bond acceptors (Lipinski definition) is 5. The van der Waals surface area contributed by atoms with Crippen molar-refractivity contribution in [3.05, 3.63) is 41.9 Å². The summed E-state index contributed by atoms with van der Waals surface area (Å²) in [5.41, 5.74) is 2.90. The van der Waals surface area contributed by atoms with E-state index < -0.39 is 0 Å². The number of anilines is 1. The molecule has 1 fully saturated rings. The van der Waals surface area contributed by atoms with Crippen molar-refractivity contribution < 1.29 is 4.79 Å². The number of aryl methyl sites for hydroxylation is 1. The van der Waals surface area contributed by atoms with Crippen LogP contribution in [-0.2, 0) is 7.05 Å². The Morgan fingerprint density at radius 1 is 1.22 bits per heavy atom. The van der Waals surface area contributed by atoms with Gasteiger partial charge in [0, 0.05) is 39.4 Å². The number of imidazole rings is 1. The summed E-state index contributed by atoms with van der Waals surface area (Å²) in [6.07, 6.45) is 5.15. The summed E-state index contributed by atoms with van der Waals surface area (Å²) in [5.74, 6) is 0.0562. The van der Waals surface area contributed by atoms with Crippen LogP contribution in [0.5, 0.6) is 0 Å². The topological polar surface area (TPSA) is 54.3 Å². The lowest BCUT2D eigenvalue weighted by Gasteiger charge is -2.36. The van der Waals surface area contributed by atoms with Gasteiger partial charge < -0.3 is 14.4 Å². The van der Waals surface area contributed by atoms with Gasteiger partial charge in [-0.2, -0.15) is 0 Å². The van der Waals surface area contributed by atoms with E-state index in [0.29, 0.717) is 5.69 Å². The summed E-state index contributed by atoms with van der Waals surface area (Å²) < 4.78 is 2.99. The van der Waals surface area contributed by atoms with Gasteiger partial charge in [-0.15, -0.1) is 11.3 Å². The van der Waals surface area contributed by atoms with Gasteiger partial charge in [0.25, 0.3) is 5.91 Å². The third kappa shape index (κ3) is 2.46. The molecule has 4 rings (SSSR count). The maximum atomic E-state index is 12.5. The summed E-state index contributed by atoms with van der Waals surface area (Å²) >= 11 is 1.72. The second-order valence-electron chi connectivity index (χ2n) is 5.63. The zero-order chi connectivity index (χ0) is 15.8. The molecule has 3 aromatic heterocycles. The zero-order valence-electron chi connectivity index (χ0n) is 12.8. The fraction of sp³-hybridized carbons (Fsp3) is 0.312. The molecule has 1 amide bonds. The van der Waals surface area contributed by atoms with E-state index in [9.17, 15) is 4.79 Å². The summed E-state index contributed by atoms with van der Waals surface area (Å²) in [6, 6.07) is 4.11. The highest BCUT2D eigenvalue weighted by Crippen LogP contribution is 2.30. The van der Waals surface area contributed by atoms with Gasteiger partial charge in [0.2, 0.25) is 0 Å². The molecule has 1 aliphatic rings. The van der Waals surface area contributed by atoms with Gasteiger partial charge in [-0.25, -0.2) is 4.98 Å². The Hall–Kier alpha value is -2.41. The predicted molar refractivity (Wildman–Crippen MR) is 90.9 cm³/mol. The first-order valence-corrected chi connectivity index (χ1v) is 8.45. The molecule has 0 spiro atoms. The van der Waals surface area contributed by atoms with Gasteiger partial charge in [0.15, 0.2) is 0 Å². The average molecular weight is 327 g/mol. The monoisotopic (exact) mass is 327 g/mol. The van der Waals surface area contributed by atoms with Crippen molar-refractivity contribution in [3.8, 4) is 0 Å². The van der Waals surface area contributed by atoms with Crippen LogP contribution in [0.3, 0.4) is 0 Å². The van der Waals surface area contributed by atoms with Gasteiger partial charge >= 0.3 is 0 Å². The molecule has 0 bridgehead atoms. The lowest BCUT2D eigenvalue weighted by atomic mass is 10.2. The van der Waals surface area contributed by atoms with Crippen LogP contribution in [0.15, 0.2) is 36.2 Å². The van der Waals surface area contributed by atoms with Crippen molar-refractivity contribution in [2.45, 2.75) is 0 Å². The number of carbonyl (C=O) groups is 1. The van der Waals surface area contributed by atoms with Crippen molar-refractivity contribution in [1.29, 1.82) is 0 Å². The number of fused-ring (bicyclic) bond motifs is 1. The molecule has 1 saturated heterocycles. The predicted octanol–water partition coefficient (Wildman–Crippen LogP) is 1.99. The number of carbonyl (C=O) groups excluding carboxylic acids is 1. The van der Waals surface area contributed by atoms with E-state index in [1.807, 2.05) is 24.2 Å². The third-order valence-electron chi connectivity index (χ3n) is 4.27. The van der Waals surface area contributed by atoms with Gasteiger partial charge in [-0.3, -0.25) is 9.78 Å². The van der Waals surface area contributed by atoms with Crippen LogP contribution >= 0.6 is 11.3 Å². The van der Waals surface area contributed by atoms with Crippen molar-refractivity contribution in [2.24, 2.45) is 7.05 Å². The van der Waals surface area contributed by atoms with Crippen LogP contribution in [0, 0.1) is 0 Å². The molecule has 0 unspecified atom stereocenters. The Balaban J connectivity index is 1.50. The molecule has 0 atom stereocenters. The van der Waals surface area contributed by atoms with Crippen LogP contribution in [-0.4, -0.2) is 51.5 Å². The van der Waals surface area contributed by atoms with Crippen LogP contribution < -0.4 is 4.90 Å². The van der Waals surface area contributed by atoms with Gasteiger partial charge in [-0.1, -0.05) is 0 Å². The average Bonchev–Trinajstić information content (AvgIpc) is 3.22. The van der Waals surface area contributed by atoms with E-state index >= 15 is 0 Å². The Kier molecular flexibility index (Phi) is 3.49. The molecule has 0 radical (unpaired) electrons. The fourth-order valence-electron chi connectivity index (χ4n) is 2.98. The quantitative estimate of drug-likeness (QED) is 0.722. The highest BCUT2D eigenvalue weighted by molar-refractivity contribution is 7.17. The molecular formula is C16H17N5OS. The highest BCUT2D eigenvalue weighted by Gasteiger charge is 2.24. The van der Waals surface area contributed by atoms with E-state index in [-0.39, 0.29) is 5.91 Å². The third-order valence-corrected chi connectivity index (χ3v) is 5.19. The van der Waals surface area contributed by atoms with Crippen LogP contribution in [0.2, 0.25) is 0 Å². The van der Waals surface area contributed by atoms with E-state index in [1.165, 1.54) is 10.4 Å². The van der Waals surface area contributed by atoms with Crippen LogP contribution in [0.1, 0.15) is 10.5 Å². The Morgan fingerprint density at radius 3 is 2.78 bits per heavy atom. The summed E-state index contributed by atoms with van der Waals surface area (Å²) in [6.45, 7) is 3.11. The second-order valence-corrected chi connectivity index (χ2v) is 6.55. The van der Waals surface area contributed by atoms with Gasteiger partial charge in [0.1, 0.15) is 5.69 Å². The molecule has 3 aromatic rings. The first kappa shape index (κ1) is 14.2. The molecule has 6 nitrogen and oxygen atoms in total. The maximum absolute atomic E-state index is 12.5. The normalized spacial score (nSPS) is 15.3. The Morgan fingerprint density at radius 2 is 2.04 bits per heavy atom. The van der Waals surface area contributed by atoms with E-state index in [0.717, 1.165) is 31.7 Å². The summed E-state index contributed by atoms with van der Waals surface area (Å²) in [4.78, 5) is 25.2. The van der Waals surface area contributed by atoms with Gasteiger partial charge in [0.05, 0.1) is 28.4 Å². The van der Waals surface area contributed by atoms with Crippen molar-refractivity contribution in [2.75, 3.05) is 31.1 Å². The van der Waals surface area contributed by atoms with Gasteiger partial charge in [-0.05, 0) is 17.5 Å². The second kappa shape index (κ2) is 5.66. The number of nitrogens with zero attached hydrogens (tertiary/aromatic N) is 5. The zero-order valence-corrected chi connectivity index (χ0v) is 13.7. The number of hydrogen-bond donors (Lipinski definition) is 0. The maximum Gasteiger partial charge on any atom is 0.272 e. The minimum atomic E-state index is 0.0562. The molecule has 1 aliphatic heterocycles. The Labute approximate surface area is 138 Å². The van der Waals surface area contributed by atoms with Crippen LogP contribution in [0.25, 0.3) is 10.2 Å². The minimum Gasteiger partial charge on any atom is -0.367 e. The fourth-order valence-corrected chi connectivity index (χ4v) is 3.88. The molecule has 0 saturated carbocycles. The van der Waals surface area contributed by atoms with Crippen LogP contribution in [0.4, 0.5) is 5.69 Å². The number of piperazine rings is 1. The smallest absolute Gasteiger partial charge is 0.272 e. The van der Waals surface area contributed by atoms with E-state index in [2.05, 4.69) is 26.3 Å². The largest absolute Gasteiger partial charge is 0.367 e. The summed E-state index contributed by atoms with van der Waals surface area (Å²) in [7, 11) is 1.85. The highest BCUT2D eigenvalue weighted by atomic mass is 32.1. The molecule has 118 valence electrons. The van der Waals surface area contributed by atoms with E-state index in [1.54, 1.807) is 28.4 Å². The lowest BCUT2D eigenvalue weighted by Crippen LogP contribution is -2.49. The van der Waals surface area contributed by atoms with Crippen molar-refractivity contribution in [3.63, 3.8) is 0 Å². The van der Waals surface area contributed by atoms with E-state index in [4.69, 9.17) is 0 Å².